The molecule has 0 bridgehead atoms. The molecule has 18 heavy (non-hydrogen) atoms. The predicted octanol–water partition coefficient (Wildman–Crippen LogP) is -0.114. The molecule has 0 radical (unpaired) electrons. The molecular formula is C11H19N5O2. The fraction of sp³-hybridized carbons (Fsp3) is 0.727. The Labute approximate surface area is 106 Å². The molecule has 1 aliphatic heterocycles. The van der Waals surface area contributed by atoms with Crippen LogP contribution in [0.4, 0.5) is 5.95 Å². The van der Waals surface area contributed by atoms with E-state index in [4.69, 9.17) is 10.5 Å². The normalized spacial score (nSPS) is 23.1. The Morgan fingerprint density at radius 1 is 1.67 bits per heavy atom. The van der Waals surface area contributed by atoms with E-state index in [-0.39, 0.29) is 30.1 Å². The van der Waals surface area contributed by atoms with E-state index in [1.807, 2.05) is 20.8 Å². The van der Waals surface area contributed by atoms with Gasteiger partial charge in [0, 0.05) is 13.1 Å². The molecule has 0 aromatic carbocycles. The average Bonchev–Trinajstić information content (AvgIpc) is 2.60. The highest BCUT2D eigenvalue weighted by molar-refractivity contribution is 5.76. The zero-order chi connectivity index (χ0) is 13.3. The zero-order valence-corrected chi connectivity index (χ0v) is 11.0. The number of nitrogen functional groups attached to an aromatic ring is 1. The van der Waals surface area contributed by atoms with E-state index < -0.39 is 0 Å². The fourth-order valence-electron chi connectivity index (χ4n) is 2.27. The first-order valence-electron chi connectivity index (χ1n) is 5.96. The van der Waals surface area contributed by atoms with E-state index in [2.05, 4.69) is 10.1 Å². The van der Waals surface area contributed by atoms with Gasteiger partial charge in [0.1, 0.15) is 12.9 Å². The van der Waals surface area contributed by atoms with Gasteiger partial charge in [0.2, 0.25) is 11.9 Å². The van der Waals surface area contributed by atoms with Gasteiger partial charge in [0.05, 0.1) is 11.7 Å². The summed E-state index contributed by atoms with van der Waals surface area (Å²) in [6.07, 6.45) is 1.50. The zero-order valence-electron chi connectivity index (χ0n) is 11.0. The first-order chi connectivity index (χ1) is 8.35. The second-order valence-corrected chi connectivity index (χ2v) is 5.26. The third-order valence-electron chi connectivity index (χ3n) is 2.77. The van der Waals surface area contributed by atoms with E-state index in [0.29, 0.717) is 13.1 Å². The molecule has 2 N–H and O–H groups in total. The van der Waals surface area contributed by atoms with Gasteiger partial charge in [-0.05, 0) is 20.8 Å². The van der Waals surface area contributed by atoms with Crippen LogP contribution in [0.2, 0.25) is 0 Å². The van der Waals surface area contributed by atoms with Crippen LogP contribution in [0.1, 0.15) is 20.8 Å². The molecule has 1 fully saturated rings. The third kappa shape index (κ3) is 2.98. The maximum absolute atomic E-state index is 12.2. The Morgan fingerprint density at radius 2 is 2.39 bits per heavy atom. The molecule has 1 aliphatic rings. The standard InChI is InChI=1S/C11H19N5O2/c1-8-4-15(6-11(2,3)18-8)9(17)5-16-7-13-10(12)14-16/h7-8H,4-6H2,1-3H3,(H2,12,14). The minimum absolute atomic E-state index is 0.00289. The molecule has 7 heteroatoms. The lowest BCUT2D eigenvalue weighted by Crippen LogP contribution is -2.54. The summed E-state index contributed by atoms with van der Waals surface area (Å²) in [7, 11) is 0. The van der Waals surface area contributed by atoms with Crippen LogP contribution in [0.5, 0.6) is 0 Å². The van der Waals surface area contributed by atoms with Gasteiger partial charge >= 0.3 is 0 Å². The SMILES string of the molecule is CC1CN(C(=O)Cn2cnc(N)n2)CC(C)(C)O1. The lowest BCUT2D eigenvalue weighted by atomic mass is 10.1. The van der Waals surface area contributed by atoms with Gasteiger partial charge in [-0.15, -0.1) is 5.10 Å². The average molecular weight is 253 g/mol. The van der Waals surface area contributed by atoms with Gasteiger partial charge in [-0.2, -0.15) is 0 Å². The molecule has 1 amide bonds. The molecule has 2 heterocycles. The smallest absolute Gasteiger partial charge is 0.244 e. The Bertz CT molecular complexity index is 442. The molecule has 1 aromatic heterocycles. The van der Waals surface area contributed by atoms with Crippen molar-refractivity contribution in [2.75, 3.05) is 18.8 Å². The molecule has 0 spiro atoms. The number of aromatic nitrogens is 3. The van der Waals surface area contributed by atoms with Gasteiger partial charge in [-0.3, -0.25) is 4.79 Å². The number of rotatable bonds is 2. The first kappa shape index (κ1) is 12.8. The minimum atomic E-state index is -0.311. The summed E-state index contributed by atoms with van der Waals surface area (Å²) in [5.41, 5.74) is 5.10. The molecule has 1 atom stereocenters. The molecule has 2 rings (SSSR count). The number of nitrogens with zero attached hydrogens (tertiary/aromatic N) is 4. The Hall–Kier alpha value is -1.63. The number of carbonyl (C=O) groups excluding carboxylic acids is 1. The summed E-state index contributed by atoms with van der Waals surface area (Å²) in [6, 6.07) is 0. The fourth-order valence-corrected chi connectivity index (χ4v) is 2.27. The maximum atomic E-state index is 12.2. The highest BCUT2D eigenvalue weighted by atomic mass is 16.5. The van der Waals surface area contributed by atoms with E-state index in [1.165, 1.54) is 11.0 Å². The van der Waals surface area contributed by atoms with Crippen LogP contribution in [0.3, 0.4) is 0 Å². The van der Waals surface area contributed by atoms with E-state index in [0.717, 1.165) is 0 Å². The molecule has 7 nitrogen and oxygen atoms in total. The van der Waals surface area contributed by atoms with Crippen LogP contribution in [-0.2, 0) is 16.1 Å². The van der Waals surface area contributed by atoms with Crippen molar-refractivity contribution in [2.45, 2.75) is 39.0 Å². The Balaban J connectivity index is 2.00. The molecule has 0 saturated carbocycles. The van der Waals surface area contributed by atoms with Gasteiger partial charge in [-0.25, -0.2) is 9.67 Å². The summed E-state index contributed by atoms with van der Waals surface area (Å²) in [5, 5.41) is 3.91. The number of carbonyl (C=O) groups is 1. The number of anilines is 1. The van der Waals surface area contributed by atoms with Crippen molar-refractivity contribution >= 4 is 11.9 Å². The number of amides is 1. The number of hydrogen-bond acceptors (Lipinski definition) is 5. The van der Waals surface area contributed by atoms with Crippen molar-refractivity contribution < 1.29 is 9.53 Å². The molecule has 1 aromatic rings. The Morgan fingerprint density at radius 3 is 2.94 bits per heavy atom. The predicted molar refractivity (Wildman–Crippen MR) is 65.6 cm³/mol. The number of nitrogens with two attached hydrogens (primary N) is 1. The van der Waals surface area contributed by atoms with Crippen molar-refractivity contribution in [1.29, 1.82) is 0 Å². The van der Waals surface area contributed by atoms with E-state index in [9.17, 15) is 4.79 Å². The first-order valence-corrected chi connectivity index (χ1v) is 5.96. The summed E-state index contributed by atoms with van der Waals surface area (Å²) in [5.74, 6) is 0.182. The van der Waals surface area contributed by atoms with Gasteiger partial charge < -0.3 is 15.4 Å². The molecular weight excluding hydrogens is 234 g/mol. The summed E-state index contributed by atoms with van der Waals surface area (Å²) >= 11 is 0. The lowest BCUT2D eigenvalue weighted by molar-refractivity contribution is -0.158. The molecule has 1 saturated heterocycles. The van der Waals surface area contributed by atoms with Gasteiger partial charge in [0.25, 0.3) is 0 Å². The number of morpholine rings is 1. The van der Waals surface area contributed by atoms with Gasteiger partial charge in [0.15, 0.2) is 0 Å². The highest BCUT2D eigenvalue weighted by Gasteiger charge is 2.33. The van der Waals surface area contributed by atoms with Crippen LogP contribution in [0.15, 0.2) is 6.33 Å². The van der Waals surface area contributed by atoms with Crippen molar-refractivity contribution in [3.63, 3.8) is 0 Å². The van der Waals surface area contributed by atoms with Crippen LogP contribution in [-0.4, -0.2) is 50.4 Å². The summed E-state index contributed by atoms with van der Waals surface area (Å²) in [6.45, 7) is 7.28. The van der Waals surface area contributed by atoms with E-state index in [1.54, 1.807) is 4.90 Å². The summed E-state index contributed by atoms with van der Waals surface area (Å²) in [4.78, 5) is 17.7. The van der Waals surface area contributed by atoms with Crippen molar-refractivity contribution in [3.05, 3.63) is 6.33 Å². The molecule has 1 unspecified atom stereocenters. The minimum Gasteiger partial charge on any atom is -0.369 e. The highest BCUT2D eigenvalue weighted by Crippen LogP contribution is 2.20. The van der Waals surface area contributed by atoms with Gasteiger partial charge in [-0.1, -0.05) is 0 Å². The second kappa shape index (κ2) is 4.56. The van der Waals surface area contributed by atoms with Crippen molar-refractivity contribution in [2.24, 2.45) is 0 Å². The molecule has 0 aliphatic carbocycles. The quantitative estimate of drug-likeness (QED) is 0.794. The molecule has 100 valence electrons. The van der Waals surface area contributed by atoms with Crippen molar-refractivity contribution in [3.8, 4) is 0 Å². The Kier molecular flexibility index (Phi) is 3.25. The third-order valence-corrected chi connectivity index (χ3v) is 2.77. The number of ether oxygens (including phenoxy) is 1. The topological polar surface area (TPSA) is 86.3 Å². The van der Waals surface area contributed by atoms with Crippen LogP contribution in [0, 0.1) is 0 Å². The van der Waals surface area contributed by atoms with E-state index >= 15 is 0 Å². The largest absolute Gasteiger partial charge is 0.369 e. The van der Waals surface area contributed by atoms with Crippen LogP contribution >= 0.6 is 0 Å². The monoisotopic (exact) mass is 253 g/mol. The maximum Gasteiger partial charge on any atom is 0.244 e. The lowest BCUT2D eigenvalue weighted by Gasteiger charge is -2.41. The summed E-state index contributed by atoms with van der Waals surface area (Å²) < 4.78 is 7.21. The van der Waals surface area contributed by atoms with Crippen molar-refractivity contribution in [1.82, 2.24) is 19.7 Å². The number of hydrogen-bond donors (Lipinski definition) is 1. The second-order valence-electron chi connectivity index (χ2n) is 5.26. The van der Waals surface area contributed by atoms with Crippen LogP contribution < -0.4 is 5.73 Å². The van der Waals surface area contributed by atoms with Crippen LogP contribution in [0.25, 0.3) is 0 Å².